The summed E-state index contributed by atoms with van der Waals surface area (Å²) in [5.41, 5.74) is 8.16. The molecule has 0 bridgehead atoms. The van der Waals surface area contributed by atoms with Gasteiger partial charge >= 0.3 is 10.2 Å². The van der Waals surface area contributed by atoms with E-state index in [2.05, 4.69) is 19.7 Å². The summed E-state index contributed by atoms with van der Waals surface area (Å²) in [5, 5.41) is 6.77. The second kappa shape index (κ2) is 3.43. The van der Waals surface area contributed by atoms with Crippen LogP contribution < -0.4 is 0 Å². The number of hydrogen-bond donors (Lipinski definition) is 0. The largest absolute Gasteiger partial charge is 0.345 e. The van der Waals surface area contributed by atoms with Crippen molar-refractivity contribution in [3.63, 3.8) is 0 Å². The third kappa shape index (κ3) is 1.55. The van der Waals surface area contributed by atoms with Crippen molar-refractivity contribution >= 4 is 21.2 Å². The van der Waals surface area contributed by atoms with Crippen molar-refractivity contribution in [1.29, 1.82) is 0 Å². The third-order valence-corrected chi connectivity index (χ3v) is 2.72. The maximum Gasteiger partial charge on any atom is 0.345 e. The molecule has 1 heterocycles. The topological polar surface area (TPSA) is 114 Å². The van der Waals surface area contributed by atoms with Gasteiger partial charge in [0.25, 0.3) is 0 Å². The lowest BCUT2D eigenvalue weighted by atomic mass is 10.3. The van der Waals surface area contributed by atoms with Gasteiger partial charge in [0.2, 0.25) is 0 Å². The van der Waals surface area contributed by atoms with E-state index in [-0.39, 0.29) is 11.0 Å². The molecule has 0 atom stereocenters. The van der Waals surface area contributed by atoms with Gasteiger partial charge in [-0.05, 0) is 17.7 Å². The van der Waals surface area contributed by atoms with Crippen LogP contribution in [0.25, 0.3) is 21.5 Å². The molecule has 10 heteroatoms. The van der Waals surface area contributed by atoms with Crippen molar-refractivity contribution in [2.24, 2.45) is 4.52 Å². The first-order valence-corrected chi connectivity index (χ1v) is 5.27. The van der Waals surface area contributed by atoms with Crippen molar-refractivity contribution in [2.45, 2.75) is 0 Å². The average molecular weight is 242 g/mol. The minimum Gasteiger partial charge on any atom is -0.207 e. The fourth-order valence-electron chi connectivity index (χ4n) is 1.12. The molecular weight excluding hydrogens is 239 g/mol. The van der Waals surface area contributed by atoms with Gasteiger partial charge < -0.3 is 0 Å². The Kier molecular flexibility index (Phi) is 2.22. The molecule has 2 aromatic rings. The van der Waals surface area contributed by atoms with E-state index in [1.165, 1.54) is 6.07 Å². The summed E-state index contributed by atoms with van der Waals surface area (Å²) in [6, 6.07) is 3.31. The minimum absolute atomic E-state index is 0.0904. The molecule has 0 N–H and O–H groups in total. The molecule has 2 rings (SSSR count). The van der Waals surface area contributed by atoms with E-state index in [1.807, 2.05) is 0 Å². The number of aromatic nitrogens is 3. The van der Waals surface area contributed by atoms with Crippen LogP contribution in [0.15, 0.2) is 22.7 Å². The Morgan fingerprint density at radius 2 is 2.25 bits per heavy atom. The van der Waals surface area contributed by atoms with E-state index in [4.69, 9.17) is 5.53 Å². The maximum atomic E-state index is 12.9. The molecule has 0 aliphatic carbocycles. The van der Waals surface area contributed by atoms with E-state index in [0.717, 1.165) is 12.1 Å². The lowest BCUT2D eigenvalue weighted by Crippen LogP contribution is -2.10. The number of halogens is 1. The number of azide groups is 1. The second-order valence-corrected chi connectivity index (χ2v) is 4.12. The first-order valence-electron chi connectivity index (χ1n) is 3.87. The predicted molar refractivity (Wildman–Crippen MR) is 50.9 cm³/mol. The van der Waals surface area contributed by atoms with Gasteiger partial charge in [-0.1, -0.05) is 5.21 Å². The van der Waals surface area contributed by atoms with Gasteiger partial charge in [0.1, 0.15) is 16.9 Å². The molecule has 0 aliphatic heterocycles. The first kappa shape index (κ1) is 10.3. The monoisotopic (exact) mass is 242 g/mol. The van der Waals surface area contributed by atoms with Gasteiger partial charge in [-0.2, -0.15) is 8.42 Å². The van der Waals surface area contributed by atoms with Crippen molar-refractivity contribution in [1.82, 2.24) is 14.4 Å². The zero-order valence-electron chi connectivity index (χ0n) is 7.52. The van der Waals surface area contributed by atoms with Gasteiger partial charge in [-0.25, -0.2) is 4.39 Å². The fraction of sp³-hybridized carbons (Fsp3) is 0. The van der Waals surface area contributed by atoms with Crippen molar-refractivity contribution < 1.29 is 12.8 Å². The average Bonchev–Trinajstić information content (AvgIpc) is 2.60. The molecule has 1 aromatic carbocycles. The van der Waals surface area contributed by atoms with Crippen LogP contribution in [0.2, 0.25) is 0 Å². The predicted octanol–water partition coefficient (Wildman–Crippen LogP) is 0.974. The van der Waals surface area contributed by atoms with Gasteiger partial charge in [0.15, 0.2) is 0 Å². The highest BCUT2D eigenvalue weighted by Gasteiger charge is 2.17. The fourth-order valence-corrected chi connectivity index (χ4v) is 1.81. The van der Waals surface area contributed by atoms with Crippen LogP contribution in [-0.4, -0.2) is 22.8 Å². The van der Waals surface area contributed by atoms with E-state index >= 15 is 0 Å². The summed E-state index contributed by atoms with van der Waals surface area (Å²) in [5.74, 6) is -0.646. The molecule has 8 nitrogen and oxygen atoms in total. The number of fused-ring (bicyclic) bond motifs is 1. The van der Waals surface area contributed by atoms with E-state index < -0.39 is 16.0 Å². The highest BCUT2D eigenvalue weighted by Crippen LogP contribution is 2.14. The van der Waals surface area contributed by atoms with Crippen LogP contribution in [0.1, 0.15) is 0 Å². The molecular formula is C6H3FN6O2S. The highest BCUT2D eigenvalue weighted by atomic mass is 32.2. The first-order chi connectivity index (χ1) is 7.54. The highest BCUT2D eigenvalue weighted by molar-refractivity contribution is 7.88. The van der Waals surface area contributed by atoms with Crippen molar-refractivity contribution in [2.75, 3.05) is 0 Å². The summed E-state index contributed by atoms with van der Waals surface area (Å²) in [4.78, 5) is 2.15. The van der Waals surface area contributed by atoms with Crippen molar-refractivity contribution in [3.8, 4) is 0 Å². The molecule has 0 spiro atoms. The van der Waals surface area contributed by atoms with Gasteiger partial charge in [-0.3, -0.25) is 0 Å². The minimum atomic E-state index is -4.33. The maximum absolute atomic E-state index is 12.9. The second-order valence-electron chi connectivity index (χ2n) is 2.71. The van der Waals surface area contributed by atoms with E-state index in [0.29, 0.717) is 4.09 Å². The summed E-state index contributed by atoms with van der Waals surface area (Å²) in [7, 11) is -4.33. The molecule has 0 radical (unpaired) electrons. The Bertz CT molecular complexity index is 701. The molecule has 16 heavy (non-hydrogen) atoms. The Balaban J connectivity index is 2.80. The van der Waals surface area contributed by atoms with Crippen molar-refractivity contribution in [3.05, 3.63) is 34.5 Å². The molecule has 0 amide bonds. The number of benzene rings is 1. The number of rotatable bonds is 2. The molecule has 0 saturated heterocycles. The molecule has 0 aliphatic rings. The SMILES string of the molecule is [N-]=[N+]=NS(=O)(=O)n1nnc2ccc(F)cc21. The molecule has 0 fully saturated rings. The van der Waals surface area contributed by atoms with Gasteiger partial charge in [-0.15, -0.1) is 9.19 Å². The van der Waals surface area contributed by atoms with Crippen LogP contribution in [0.4, 0.5) is 4.39 Å². The van der Waals surface area contributed by atoms with E-state index in [1.54, 1.807) is 0 Å². The third-order valence-electron chi connectivity index (χ3n) is 1.74. The Morgan fingerprint density at radius 1 is 1.50 bits per heavy atom. The quantitative estimate of drug-likeness (QED) is 0.443. The van der Waals surface area contributed by atoms with Crippen LogP contribution in [-0.2, 0) is 10.2 Å². The normalized spacial score (nSPS) is 11.3. The lowest BCUT2D eigenvalue weighted by molar-refractivity contribution is 0.580. The molecule has 1 aromatic heterocycles. The zero-order chi connectivity index (χ0) is 11.8. The Hall–Kier alpha value is -2.19. The smallest absolute Gasteiger partial charge is 0.207 e. The number of nitrogens with zero attached hydrogens (tertiary/aromatic N) is 6. The Morgan fingerprint density at radius 3 is 2.94 bits per heavy atom. The summed E-state index contributed by atoms with van der Waals surface area (Å²) in [6.45, 7) is 0. The molecule has 82 valence electrons. The Labute approximate surface area is 88.1 Å². The summed E-state index contributed by atoms with van der Waals surface area (Å²) < 4.78 is 38.5. The van der Waals surface area contributed by atoms with Gasteiger partial charge in [0.05, 0.1) is 4.52 Å². The van der Waals surface area contributed by atoms with E-state index in [9.17, 15) is 12.8 Å². The molecule has 0 unspecified atom stereocenters. The standard InChI is InChI=1S/C6H3FN6O2S/c7-4-1-2-5-6(3-4)13(11-9-5)16(14,15)12-10-8/h1-3H. The van der Waals surface area contributed by atoms with Crippen LogP contribution in [0.3, 0.4) is 0 Å². The zero-order valence-corrected chi connectivity index (χ0v) is 8.33. The lowest BCUT2D eigenvalue weighted by Gasteiger charge is -1.96. The summed E-state index contributed by atoms with van der Waals surface area (Å²) in [6.07, 6.45) is 0. The van der Waals surface area contributed by atoms with Crippen LogP contribution >= 0.6 is 0 Å². The van der Waals surface area contributed by atoms with Crippen LogP contribution in [0, 0.1) is 5.82 Å². The van der Waals surface area contributed by atoms with Crippen LogP contribution in [0.5, 0.6) is 0 Å². The van der Waals surface area contributed by atoms with Gasteiger partial charge in [0, 0.05) is 11.0 Å². The number of hydrogen-bond acceptors (Lipinski definition) is 4. The molecule has 0 saturated carbocycles. The summed E-state index contributed by atoms with van der Waals surface area (Å²) >= 11 is 0.